The van der Waals surface area contributed by atoms with Crippen LogP contribution in [0.2, 0.25) is 0 Å². The van der Waals surface area contributed by atoms with Gasteiger partial charge in [0.05, 0.1) is 35.8 Å². The number of fused-ring (bicyclic) bond motifs is 3. The Morgan fingerprint density at radius 3 is 1.65 bits per heavy atom. The second-order valence-electron chi connectivity index (χ2n) is 29.0. The topological polar surface area (TPSA) is 467 Å². The molecule has 1 aliphatic carbocycles. The minimum absolute atomic E-state index is 0.0469. The molecule has 0 fully saturated rings. The molecular formula is C75H103N15O19. The molecule has 0 aliphatic heterocycles. The molecule has 0 unspecified atom stereocenters. The number of hydrogen-bond donors (Lipinski definition) is 10. The molecule has 5 rings (SSSR count). The number of esters is 2. The minimum atomic E-state index is -1.85. The van der Waals surface area contributed by atoms with Gasteiger partial charge in [-0.25, -0.2) is 14.4 Å². The van der Waals surface area contributed by atoms with Gasteiger partial charge in [-0.3, -0.25) is 63.0 Å². The van der Waals surface area contributed by atoms with E-state index in [1.54, 1.807) is 107 Å². The first-order valence-electron chi connectivity index (χ1n) is 35.8. The van der Waals surface area contributed by atoms with Crippen LogP contribution in [-0.4, -0.2) is 194 Å². The molecule has 0 aromatic heterocycles. The molecule has 0 saturated carbocycles. The Balaban J connectivity index is 1.32. The van der Waals surface area contributed by atoms with Crippen molar-refractivity contribution in [1.82, 2.24) is 52.8 Å². The number of azo groups is 1. The van der Waals surface area contributed by atoms with E-state index in [1.165, 1.54) is 36.1 Å². The van der Waals surface area contributed by atoms with Crippen molar-refractivity contribution >= 4 is 100 Å². The molecule has 11 amide bonds. The third-order valence-electron chi connectivity index (χ3n) is 16.5. The Labute approximate surface area is 633 Å². The Hall–Kier alpha value is -11.6. The van der Waals surface area contributed by atoms with Crippen LogP contribution < -0.4 is 58.5 Å². The number of benzene rings is 4. The number of nitrogens with zero attached hydrogens (tertiary/aromatic N) is 5. The molecule has 6 atom stereocenters. The molecule has 34 nitrogen and oxygen atoms in total. The summed E-state index contributed by atoms with van der Waals surface area (Å²) in [6, 6.07) is 19.5. The van der Waals surface area contributed by atoms with Crippen LogP contribution in [0.4, 0.5) is 32.3 Å². The standard InChI is InChI=1S/C75H103N15O19/c1-15-88(49-28-24-47(25-29-49)86-87-48-26-30-50(31-27-48)90(104)105)34-35-89(73(103)107-41-55-53-22-18-16-20-51(53)52-21-17-19-23-54(52)55)40-61(93)84-64(44(4)5)70(100)85-65(45(6)7)69(99)81-57(68(98)82-58(36-43(2)3)71(101)108-74(9,10)11)37-63(95)106-42-62(94)77-33-32-56(83-72(102)109-75(12,13)14)67(97)80-46(8)66(96)79-39-60(92)78-38-59(76)91/h16-31,43-46,55-58,64-65H,15,32-42H2,1-14H3,(H2,76,91)(H,77,94)(H,78,92)(H,79,96)(H,80,97)(H,81,99)(H,82,98)(H,83,102)(H,84,93)(H,85,100)/t46-,56+,57-,58-,64-,65-/m0/s1. The molecule has 4 aromatic carbocycles. The molecule has 0 saturated heterocycles. The van der Waals surface area contributed by atoms with Crippen molar-refractivity contribution in [2.75, 3.05) is 63.9 Å². The van der Waals surface area contributed by atoms with E-state index in [4.69, 9.17) is 24.7 Å². The van der Waals surface area contributed by atoms with E-state index >= 15 is 0 Å². The van der Waals surface area contributed by atoms with E-state index in [-0.39, 0.29) is 56.6 Å². The Bertz CT molecular complexity index is 3870. The fraction of sp³-hybridized carbons (Fsp3) is 0.507. The van der Waals surface area contributed by atoms with Crippen LogP contribution in [0.5, 0.6) is 0 Å². The lowest BCUT2D eigenvalue weighted by Gasteiger charge is -2.30. The van der Waals surface area contributed by atoms with Crippen molar-refractivity contribution in [3.63, 3.8) is 0 Å². The second-order valence-corrected chi connectivity index (χ2v) is 29.0. The molecule has 1 aliphatic rings. The maximum atomic E-state index is 14.6. The molecule has 34 heteroatoms. The van der Waals surface area contributed by atoms with Gasteiger partial charge < -0.3 is 77.4 Å². The number of nitro groups is 1. The van der Waals surface area contributed by atoms with Crippen molar-refractivity contribution in [3.05, 3.63) is 118 Å². The van der Waals surface area contributed by atoms with E-state index in [9.17, 15) is 72.4 Å². The number of likely N-dealkylation sites (N-methyl/N-ethyl adjacent to an activating group) is 1. The first-order valence-corrected chi connectivity index (χ1v) is 35.8. The zero-order chi connectivity index (χ0) is 81.0. The van der Waals surface area contributed by atoms with Crippen LogP contribution in [0.1, 0.15) is 133 Å². The van der Waals surface area contributed by atoms with E-state index in [1.807, 2.05) is 60.4 Å². The fourth-order valence-corrected chi connectivity index (χ4v) is 11.1. The number of carbonyl (C=O) groups excluding carboxylic acids is 13. The molecule has 109 heavy (non-hydrogen) atoms. The highest BCUT2D eigenvalue weighted by molar-refractivity contribution is 5.98. The quantitative estimate of drug-likeness (QED) is 0.00892. The fourth-order valence-electron chi connectivity index (χ4n) is 11.1. The summed E-state index contributed by atoms with van der Waals surface area (Å²) in [6.07, 6.45) is -3.10. The van der Waals surface area contributed by atoms with Crippen molar-refractivity contribution < 1.29 is 86.2 Å². The van der Waals surface area contributed by atoms with Crippen molar-refractivity contribution in [1.29, 1.82) is 0 Å². The van der Waals surface area contributed by atoms with Crippen LogP contribution in [0.3, 0.4) is 0 Å². The molecule has 0 bridgehead atoms. The molecule has 592 valence electrons. The summed E-state index contributed by atoms with van der Waals surface area (Å²) < 4.78 is 22.3. The summed E-state index contributed by atoms with van der Waals surface area (Å²) in [6.45, 7) is 20.2. The van der Waals surface area contributed by atoms with E-state index in [0.717, 1.165) is 27.9 Å². The number of nitrogens with one attached hydrogen (secondary N) is 9. The average molecular weight is 1520 g/mol. The molecular weight excluding hydrogens is 1410 g/mol. The maximum absolute atomic E-state index is 14.6. The van der Waals surface area contributed by atoms with Gasteiger partial charge in [0.15, 0.2) is 6.61 Å². The summed E-state index contributed by atoms with van der Waals surface area (Å²) >= 11 is 0. The lowest BCUT2D eigenvalue weighted by molar-refractivity contribution is -0.384. The summed E-state index contributed by atoms with van der Waals surface area (Å²) in [5.74, 6) is -11.9. The number of ether oxygens (including phenoxy) is 4. The number of anilines is 1. The molecule has 0 radical (unpaired) electrons. The number of rotatable bonds is 39. The lowest BCUT2D eigenvalue weighted by Crippen LogP contribution is -2.60. The van der Waals surface area contributed by atoms with Gasteiger partial charge in [-0.1, -0.05) is 90.1 Å². The van der Waals surface area contributed by atoms with Crippen LogP contribution in [0.25, 0.3) is 11.1 Å². The third kappa shape index (κ3) is 29.6. The van der Waals surface area contributed by atoms with E-state index in [2.05, 4.69) is 58.1 Å². The van der Waals surface area contributed by atoms with Gasteiger partial charge in [0.2, 0.25) is 47.3 Å². The van der Waals surface area contributed by atoms with Gasteiger partial charge in [-0.2, -0.15) is 10.2 Å². The Morgan fingerprint density at radius 1 is 0.569 bits per heavy atom. The number of non-ortho nitro benzene ring substituents is 1. The van der Waals surface area contributed by atoms with Crippen LogP contribution in [0, 0.1) is 27.9 Å². The minimum Gasteiger partial charge on any atom is -0.458 e. The third-order valence-corrected chi connectivity index (χ3v) is 16.5. The van der Waals surface area contributed by atoms with Crippen LogP contribution in [0.15, 0.2) is 107 Å². The van der Waals surface area contributed by atoms with Gasteiger partial charge in [0.1, 0.15) is 60.6 Å². The zero-order valence-corrected chi connectivity index (χ0v) is 64.1. The first-order chi connectivity index (χ1) is 51.2. The second kappa shape index (κ2) is 41.5. The molecule has 0 spiro atoms. The summed E-state index contributed by atoms with van der Waals surface area (Å²) in [7, 11) is 0. The van der Waals surface area contributed by atoms with Crippen LogP contribution >= 0.6 is 0 Å². The smallest absolute Gasteiger partial charge is 0.410 e. The predicted molar refractivity (Wildman–Crippen MR) is 400 cm³/mol. The highest BCUT2D eigenvalue weighted by Crippen LogP contribution is 2.44. The normalized spacial score (nSPS) is 13.5. The van der Waals surface area contributed by atoms with E-state index < -0.39 is 174 Å². The van der Waals surface area contributed by atoms with Crippen molar-refractivity contribution in [2.24, 2.45) is 33.7 Å². The predicted octanol–water partition coefficient (Wildman–Crippen LogP) is 5.28. The van der Waals surface area contributed by atoms with Gasteiger partial charge >= 0.3 is 24.1 Å². The van der Waals surface area contributed by atoms with Gasteiger partial charge in [0, 0.05) is 49.9 Å². The highest BCUT2D eigenvalue weighted by Gasteiger charge is 2.38. The number of nitrogens with two attached hydrogens (primary N) is 1. The highest BCUT2D eigenvalue weighted by atomic mass is 16.6. The van der Waals surface area contributed by atoms with Gasteiger partial charge in [-0.05, 0) is 145 Å². The Morgan fingerprint density at radius 2 is 1.11 bits per heavy atom. The number of nitro benzene ring substituents is 1. The number of amides is 11. The van der Waals surface area contributed by atoms with Gasteiger partial charge in [-0.15, -0.1) is 0 Å². The SMILES string of the molecule is CCN(CCN(CC(=O)N[C@H](C(=O)N[C@H](C(=O)N[C@@H](CC(=O)OCC(=O)NCC[C@@H](NC(=O)OC(C)(C)C)C(=O)N[C@@H](C)C(=O)NCC(=O)NCC(N)=O)C(=O)N[C@@H](CC(C)C)C(=O)OC(C)(C)C)C(C)C)C(C)C)C(=O)OCC1c2ccccc2-c2ccccc21)c1ccc(N=Nc2ccc([N+](=O)[O-])cc2)cc1. The summed E-state index contributed by atoms with van der Waals surface area (Å²) in [5.41, 5.74) is 8.43. The van der Waals surface area contributed by atoms with Crippen molar-refractivity contribution in [2.45, 2.75) is 170 Å². The van der Waals surface area contributed by atoms with Crippen LogP contribution in [-0.2, 0) is 71.7 Å². The summed E-state index contributed by atoms with van der Waals surface area (Å²) in [4.78, 5) is 189. The van der Waals surface area contributed by atoms with E-state index in [0.29, 0.717) is 17.9 Å². The van der Waals surface area contributed by atoms with Gasteiger partial charge in [0.25, 0.3) is 11.6 Å². The molecule has 4 aromatic rings. The monoisotopic (exact) mass is 1520 g/mol. The Kier molecular flexibility index (Phi) is 33.5. The number of hydrogen-bond acceptors (Lipinski definition) is 22. The number of alkyl carbamates (subject to hydrolysis) is 1. The van der Waals surface area contributed by atoms with Crippen molar-refractivity contribution in [3.8, 4) is 11.1 Å². The largest absolute Gasteiger partial charge is 0.458 e. The maximum Gasteiger partial charge on any atom is 0.410 e. The zero-order valence-electron chi connectivity index (χ0n) is 64.1. The first kappa shape index (κ1) is 88.0. The average Bonchev–Trinajstić information content (AvgIpc) is 1.62. The summed E-state index contributed by atoms with van der Waals surface area (Å²) in [5, 5.41) is 41.8. The molecule has 11 N–H and O–H groups in total. The molecule has 0 heterocycles. The lowest BCUT2D eigenvalue weighted by atomic mass is 9.98. The number of primary amides is 1. The number of carbonyl (C=O) groups is 13.